The number of halogens is 1. The molecule has 0 aromatic heterocycles. The van der Waals surface area contributed by atoms with Gasteiger partial charge in [-0.15, -0.1) is 0 Å². The van der Waals surface area contributed by atoms with E-state index in [-0.39, 0.29) is 11.7 Å². The van der Waals surface area contributed by atoms with Gasteiger partial charge in [-0.2, -0.15) is 0 Å². The van der Waals surface area contributed by atoms with Crippen LogP contribution in [0.3, 0.4) is 0 Å². The zero-order valence-corrected chi connectivity index (χ0v) is 19.8. The van der Waals surface area contributed by atoms with Gasteiger partial charge in [-0.05, 0) is 59.7 Å². The van der Waals surface area contributed by atoms with Crippen molar-refractivity contribution in [1.29, 1.82) is 0 Å². The van der Waals surface area contributed by atoms with Gasteiger partial charge in [-0.25, -0.2) is 4.39 Å². The molecular weight excluding hydrogens is 437 g/mol. The van der Waals surface area contributed by atoms with Crippen LogP contribution in [0.25, 0.3) is 10.8 Å². The number of anilines is 2. The van der Waals surface area contributed by atoms with E-state index in [1.807, 2.05) is 30.3 Å². The maximum absolute atomic E-state index is 14.2. The highest BCUT2D eigenvalue weighted by Gasteiger charge is 2.24. The van der Waals surface area contributed by atoms with E-state index < -0.39 is 0 Å². The minimum atomic E-state index is -0.146. The summed E-state index contributed by atoms with van der Waals surface area (Å²) < 4.78 is 14.2. The second kappa shape index (κ2) is 8.82. The first-order valence-electron chi connectivity index (χ1n) is 12.3. The van der Waals surface area contributed by atoms with E-state index in [2.05, 4.69) is 58.4 Å². The van der Waals surface area contributed by atoms with E-state index in [1.165, 1.54) is 22.8 Å². The summed E-state index contributed by atoms with van der Waals surface area (Å²) in [4.78, 5) is 16.8. The Bertz CT molecular complexity index is 1410. The molecule has 176 valence electrons. The Labute approximate surface area is 205 Å². The van der Waals surface area contributed by atoms with Crippen molar-refractivity contribution in [2.75, 3.05) is 36.4 Å². The number of nitrogens with zero attached hydrogens (tertiary/aromatic N) is 2. The Hall–Kier alpha value is -3.70. The highest BCUT2D eigenvalue weighted by molar-refractivity contribution is 6.24. The highest BCUT2D eigenvalue weighted by Crippen LogP contribution is 2.35. The minimum Gasteiger partial charge on any atom is -0.367 e. The summed E-state index contributed by atoms with van der Waals surface area (Å²) in [5.41, 5.74) is 6.15. The molecule has 0 aliphatic carbocycles. The molecule has 1 saturated heterocycles. The largest absolute Gasteiger partial charge is 0.367 e. The van der Waals surface area contributed by atoms with E-state index in [4.69, 9.17) is 0 Å². The number of amides is 1. The van der Waals surface area contributed by atoms with Gasteiger partial charge in [0.2, 0.25) is 0 Å². The fraction of sp³-hybridized carbons (Fsp3) is 0.233. The van der Waals surface area contributed by atoms with E-state index in [9.17, 15) is 9.18 Å². The second-order valence-corrected chi connectivity index (χ2v) is 9.52. The second-order valence-electron chi connectivity index (χ2n) is 9.52. The molecule has 2 aliphatic heterocycles. The van der Waals surface area contributed by atoms with Gasteiger partial charge in [-0.3, -0.25) is 9.69 Å². The van der Waals surface area contributed by atoms with Crippen molar-refractivity contribution in [3.63, 3.8) is 0 Å². The molecule has 0 spiro atoms. The van der Waals surface area contributed by atoms with Gasteiger partial charge in [0.05, 0.1) is 5.69 Å². The third-order valence-corrected chi connectivity index (χ3v) is 7.54. The lowest BCUT2D eigenvalue weighted by Gasteiger charge is -2.39. The predicted molar refractivity (Wildman–Crippen MR) is 140 cm³/mol. The third-order valence-electron chi connectivity index (χ3n) is 7.54. The normalized spacial score (nSPS) is 16.5. The highest BCUT2D eigenvalue weighted by atomic mass is 19.1. The molecular formula is C30H28FN3O. The molecule has 4 nitrogen and oxygen atoms in total. The topological polar surface area (TPSA) is 35.6 Å². The average Bonchev–Trinajstić information content (AvgIpc) is 3.23. The van der Waals surface area contributed by atoms with Crippen LogP contribution in [0, 0.1) is 5.82 Å². The molecule has 2 aliphatic rings. The van der Waals surface area contributed by atoms with Gasteiger partial charge in [0, 0.05) is 48.9 Å². The Morgan fingerprint density at radius 1 is 0.886 bits per heavy atom. The van der Waals surface area contributed by atoms with Gasteiger partial charge >= 0.3 is 0 Å². The van der Waals surface area contributed by atoms with Crippen molar-refractivity contribution in [3.8, 4) is 0 Å². The van der Waals surface area contributed by atoms with Gasteiger partial charge in [0.1, 0.15) is 5.82 Å². The number of hydrogen-bond donors (Lipinski definition) is 1. The molecule has 35 heavy (non-hydrogen) atoms. The molecule has 1 N–H and O–H groups in total. The van der Waals surface area contributed by atoms with Crippen LogP contribution in [0.5, 0.6) is 0 Å². The first-order chi connectivity index (χ1) is 17.1. The van der Waals surface area contributed by atoms with Crippen LogP contribution in [0.15, 0.2) is 78.9 Å². The number of benzene rings is 4. The van der Waals surface area contributed by atoms with Crippen molar-refractivity contribution in [1.82, 2.24) is 4.90 Å². The number of carbonyl (C=O) groups excluding carboxylic acids is 1. The van der Waals surface area contributed by atoms with Crippen molar-refractivity contribution in [2.45, 2.75) is 19.4 Å². The summed E-state index contributed by atoms with van der Waals surface area (Å²) in [5.74, 6) is -0.163. The molecule has 4 aromatic carbocycles. The quantitative estimate of drug-likeness (QED) is 0.392. The molecule has 0 radical (unpaired) electrons. The smallest absolute Gasteiger partial charge is 0.256 e. The summed E-state index contributed by atoms with van der Waals surface area (Å²) in [5, 5.41) is 5.14. The first kappa shape index (κ1) is 21.8. The summed E-state index contributed by atoms with van der Waals surface area (Å²) in [6.07, 6.45) is 0.824. The van der Waals surface area contributed by atoms with E-state index in [0.29, 0.717) is 11.7 Å². The molecule has 1 fully saturated rings. The number of rotatable bonds is 5. The van der Waals surface area contributed by atoms with Crippen molar-refractivity contribution >= 4 is 28.1 Å². The molecule has 1 atom stereocenters. The number of nitrogens with one attached hydrogen (secondary N) is 1. The third kappa shape index (κ3) is 3.96. The van der Waals surface area contributed by atoms with Gasteiger partial charge in [0.15, 0.2) is 0 Å². The molecule has 0 unspecified atom stereocenters. The monoisotopic (exact) mass is 465 g/mol. The standard InChI is InChI=1S/C30H28FN3O/c1-20(33-15-17-34(18-16-33)28-8-3-2-7-26(28)31)22-11-9-21(10-12-22)19-23-13-14-27-29-24(23)5-4-6-25(29)30(35)32-27/h2-14,20H,15-19H2,1H3,(H,32,35)/t20-/m1/s1. The maximum atomic E-state index is 14.2. The van der Waals surface area contributed by atoms with E-state index >= 15 is 0 Å². The fourth-order valence-corrected chi connectivity index (χ4v) is 5.51. The lowest BCUT2D eigenvalue weighted by Crippen LogP contribution is -2.47. The Kier molecular flexibility index (Phi) is 5.50. The first-order valence-corrected chi connectivity index (χ1v) is 12.3. The van der Waals surface area contributed by atoms with Crippen molar-refractivity contribution < 1.29 is 9.18 Å². The van der Waals surface area contributed by atoms with Crippen LogP contribution in [-0.4, -0.2) is 37.0 Å². The van der Waals surface area contributed by atoms with Crippen LogP contribution in [0.1, 0.15) is 40.0 Å². The van der Waals surface area contributed by atoms with Crippen LogP contribution >= 0.6 is 0 Å². The van der Waals surface area contributed by atoms with E-state index in [0.717, 1.165) is 54.6 Å². The van der Waals surface area contributed by atoms with Gasteiger partial charge in [-0.1, -0.05) is 54.6 Å². The number of para-hydroxylation sites is 1. The molecule has 5 heteroatoms. The molecule has 1 amide bonds. The summed E-state index contributed by atoms with van der Waals surface area (Å²) in [6.45, 7) is 5.72. The molecule has 6 rings (SSSR count). The molecule has 0 saturated carbocycles. The van der Waals surface area contributed by atoms with Gasteiger partial charge in [0.25, 0.3) is 5.91 Å². The molecule has 4 aromatic rings. The average molecular weight is 466 g/mol. The summed E-state index contributed by atoms with van der Waals surface area (Å²) in [6, 6.07) is 26.3. The Morgan fingerprint density at radius 2 is 1.66 bits per heavy atom. The molecule has 0 bridgehead atoms. The minimum absolute atomic E-state index is 0.0178. The predicted octanol–water partition coefficient (Wildman–Crippen LogP) is 6.02. The number of piperazine rings is 1. The zero-order valence-electron chi connectivity index (χ0n) is 19.8. The SMILES string of the molecule is C[C@H](c1ccc(Cc2ccc3c4c(cccc24)C(=O)N3)cc1)N1CCN(c2ccccc2F)CC1. The van der Waals surface area contributed by atoms with Crippen molar-refractivity contribution in [3.05, 3.63) is 107 Å². The number of hydrogen-bond acceptors (Lipinski definition) is 3. The van der Waals surface area contributed by atoms with Crippen molar-refractivity contribution in [2.24, 2.45) is 0 Å². The molecule has 2 heterocycles. The van der Waals surface area contributed by atoms with Crippen LogP contribution in [0.4, 0.5) is 15.8 Å². The Morgan fingerprint density at radius 3 is 2.43 bits per heavy atom. The summed E-state index contributed by atoms with van der Waals surface area (Å²) >= 11 is 0. The van der Waals surface area contributed by atoms with Crippen LogP contribution in [0.2, 0.25) is 0 Å². The Balaban J connectivity index is 1.14. The van der Waals surface area contributed by atoms with Crippen LogP contribution < -0.4 is 10.2 Å². The van der Waals surface area contributed by atoms with E-state index in [1.54, 1.807) is 6.07 Å². The lowest BCUT2D eigenvalue weighted by atomic mass is 9.95. The maximum Gasteiger partial charge on any atom is 0.256 e. The van der Waals surface area contributed by atoms with Gasteiger partial charge < -0.3 is 10.2 Å². The zero-order chi connectivity index (χ0) is 23.9. The van der Waals surface area contributed by atoms with Crippen LogP contribution in [-0.2, 0) is 6.42 Å². The fourth-order valence-electron chi connectivity index (χ4n) is 5.51. The number of carbonyl (C=O) groups is 1. The lowest BCUT2D eigenvalue weighted by molar-refractivity contribution is 0.103. The summed E-state index contributed by atoms with van der Waals surface area (Å²) in [7, 11) is 0.